The Balaban J connectivity index is 1.54. The van der Waals surface area contributed by atoms with E-state index in [0.29, 0.717) is 16.0 Å². The van der Waals surface area contributed by atoms with Crippen molar-refractivity contribution in [2.75, 3.05) is 12.9 Å². The van der Waals surface area contributed by atoms with Gasteiger partial charge in [0, 0.05) is 5.75 Å². The van der Waals surface area contributed by atoms with Crippen molar-refractivity contribution in [2.45, 2.75) is 34.2 Å². The predicted molar refractivity (Wildman–Crippen MR) is 118 cm³/mol. The molecule has 0 radical (unpaired) electrons. The standard InChI is InChI=1S/C21H21FN2O2S3/c1-13(2)15-6-4-14(5-7-15)11-27-20-23-24-21(29-20)28-12-18(25)17-10-16(22)8-9-19(17)26-3/h4-10,13H,11-12H2,1-3H3. The summed E-state index contributed by atoms with van der Waals surface area (Å²) in [6.07, 6.45) is 0. The molecular weight excluding hydrogens is 427 g/mol. The molecule has 0 bridgehead atoms. The van der Waals surface area contributed by atoms with Gasteiger partial charge in [-0.1, -0.05) is 73.0 Å². The molecule has 8 heteroatoms. The smallest absolute Gasteiger partial charge is 0.176 e. The van der Waals surface area contributed by atoms with Crippen molar-refractivity contribution in [2.24, 2.45) is 0 Å². The van der Waals surface area contributed by atoms with Gasteiger partial charge in [0.05, 0.1) is 18.4 Å². The van der Waals surface area contributed by atoms with Crippen LogP contribution in [0.15, 0.2) is 51.1 Å². The number of ether oxygens (including phenoxy) is 1. The van der Waals surface area contributed by atoms with Crippen LogP contribution in [-0.2, 0) is 5.75 Å². The molecule has 0 spiro atoms. The summed E-state index contributed by atoms with van der Waals surface area (Å²) in [7, 11) is 1.46. The third-order valence-electron chi connectivity index (χ3n) is 4.19. The number of hydrogen-bond acceptors (Lipinski definition) is 7. The summed E-state index contributed by atoms with van der Waals surface area (Å²) < 4.78 is 20.2. The number of ketones is 1. The Kier molecular flexibility index (Phi) is 7.69. The van der Waals surface area contributed by atoms with Gasteiger partial charge in [0.2, 0.25) is 0 Å². The van der Waals surface area contributed by atoms with Gasteiger partial charge in [-0.2, -0.15) is 0 Å². The highest BCUT2D eigenvalue weighted by molar-refractivity contribution is 8.03. The highest BCUT2D eigenvalue weighted by Gasteiger charge is 2.15. The molecule has 1 heterocycles. The van der Waals surface area contributed by atoms with Crippen molar-refractivity contribution >= 4 is 40.6 Å². The van der Waals surface area contributed by atoms with Crippen LogP contribution < -0.4 is 4.74 Å². The minimum absolute atomic E-state index is 0.149. The molecule has 0 aliphatic rings. The van der Waals surface area contributed by atoms with Gasteiger partial charge in [0.25, 0.3) is 0 Å². The van der Waals surface area contributed by atoms with E-state index in [-0.39, 0.29) is 17.1 Å². The minimum atomic E-state index is -0.463. The van der Waals surface area contributed by atoms with Crippen LogP contribution in [0.25, 0.3) is 0 Å². The topological polar surface area (TPSA) is 52.1 Å². The van der Waals surface area contributed by atoms with E-state index in [2.05, 4.69) is 48.3 Å². The lowest BCUT2D eigenvalue weighted by molar-refractivity contribution is 0.101. The summed E-state index contributed by atoms with van der Waals surface area (Å²) in [6, 6.07) is 12.5. The number of Topliss-reactive ketones (excluding diaryl/α,β-unsaturated/α-hetero) is 1. The summed E-state index contributed by atoms with van der Waals surface area (Å²) >= 11 is 4.38. The molecule has 2 aromatic carbocycles. The second kappa shape index (κ2) is 10.2. The molecule has 0 fully saturated rings. The van der Waals surface area contributed by atoms with Gasteiger partial charge in [-0.3, -0.25) is 4.79 Å². The Morgan fingerprint density at radius 2 is 1.79 bits per heavy atom. The first-order valence-electron chi connectivity index (χ1n) is 9.01. The first kappa shape index (κ1) is 21.8. The van der Waals surface area contributed by atoms with Crippen LogP contribution in [-0.4, -0.2) is 28.8 Å². The molecule has 3 aromatic rings. The van der Waals surface area contributed by atoms with E-state index in [4.69, 9.17) is 4.74 Å². The van der Waals surface area contributed by atoms with Crippen LogP contribution in [0.3, 0.4) is 0 Å². The maximum Gasteiger partial charge on any atom is 0.176 e. The molecule has 0 N–H and O–H groups in total. The van der Waals surface area contributed by atoms with Gasteiger partial charge in [0.1, 0.15) is 11.6 Å². The number of carbonyl (C=O) groups excluding carboxylic acids is 1. The first-order chi connectivity index (χ1) is 14.0. The van der Waals surface area contributed by atoms with Crippen molar-refractivity contribution in [1.82, 2.24) is 10.2 Å². The van der Waals surface area contributed by atoms with Crippen LogP contribution in [0.5, 0.6) is 5.75 Å². The molecule has 0 amide bonds. The molecule has 0 unspecified atom stereocenters. The Labute approximate surface area is 182 Å². The molecular formula is C21H21FN2O2S3. The molecule has 0 saturated carbocycles. The third-order valence-corrected chi connectivity index (χ3v) is 7.45. The maximum absolute atomic E-state index is 13.5. The SMILES string of the molecule is COc1ccc(F)cc1C(=O)CSc1nnc(SCc2ccc(C(C)C)cc2)s1. The zero-order chi connectivity index (χ0) is 20.8. The zero-order valence-electron chi connectivity index (χ0n) is 16.3. The van der Waals surface area contributed by atoms with Crippen LogP contribution >= 0.6 is 34.9 Å². The Morgan fingerprint density at radius 1 is 1.10 bits per heavy atom. The Hall–Kier alpha value is -1.90. The fraction of sp³-hybridized carbons (Fsp3) is 0.286. The molecule has 0 atom stereocenters. The largest absolute Gasteiger partial charge is 0.496 e. The summed E-state index contributed by atoms with van der Waals surface area (Å²) in [4.78, 5) is 12.4. The molecule has 4 nitrogen and oxygen atoms in total. The first-order valence-corrected chi connectivity index (χ1v) is 11.8. The lowest BCUT2D eigenvalue weighted by atomic mass is 10.0. The number of benzene rings is 2. The van der Waals surface area contributed by atoms with Gasteiger partial charge in [-0.25, -0.2) is 4.39 Å². The van der Waals surface area contributed by atoms with Crippen LogP contribution in [0.1, 0.15) is 41.3 Å². The van der Waals surface area contributed by atoms with E-state index in [1.807, 2.05) is 0 Å². The number of nitrogens with zero attached hydrogens (tertiary/aromatic N) is 2. The Morgan fingerprint density at radius 3 is 2.45 bits per heavy atom. The quantitative estimate of drug-likeness (QED) is 0.292. The monoisotopic (exact) mass is 448 g/mol. The average molecular weight is 449 g/mol. The van der Waals surface area contributed by atoms with Crippen LogP contribution in [0, 0.1) is 5.82 Å². The van der Waals surface area contributed by atoms with Gasteiger partial charge >= 0.3 is 0 Å². The van der Waals surface area contributed by atoms with Crippen molar-refractivity contribution in [3.63, 3.8) is 0 Å². The number of carbonyl (C=O) groups is 1. The van der Waals surface area contributed by atoms with Gasteiger partial charge in [-0.15, -0.1) is 10.2 Å². The second-order valence-corrected chi connectivity index (χ2v) is 10.00. The molecule has 152 valence electrons. The van der Waals surface area contributed by atoms with Crippen LogP contribution in [0.2, 0.25) is 0 Å². The fourth-order valence-electron chi connectivity index (χ4n) is 2.56. The number of halogens is 1. The van der Waals surface area contributed by atoms with Crippen molar-refractivity contribution in [3.8, 4) is 5.75 Å². The van der Waals surface area contributed by atoms with Crippen LogP contribution in [0.4, 0.5) is 4.39 Å². The summed E-state index contributed by atoms with van der Waals surface area (Å²) in [5.74, 6) is 1.19. The highest BCUT2D eigenvalue weighted by Crippen LogP contribution is 2.32. The van der Waals surface area contributed by atoms with Crippen molar-refractivity contribution in [3.05, 3.63) is 65.0 Å². The van der Waals surface area contributed by atoms with Gasteiger partial charge < -0.3 is 4.74 Å². The normalized spacial score (nSPS) is 11.1. The molecule has 29 heavy (non-hydrogen) atoms. The van der Waals surface area contributed by atoms with E-state index in [1.165, 1.54) is 59.5 Å². The lowest BCUT2D eigenvalue weighted by Crippen LogP contribution is -2.05. The van der Waals surface area contributed by atoms with Crippen molar-refractivity contribution in [1.29, 1.82) is 0 Å². The van der Waals surface area contributed by atoms with E-state index in [1.54, 1.807) is 11.8 Å². The molecule has 1 aromatic heterocycles. The number of methoxy groups -OCH3 is 1. The van der Waals surface area contributed by atoms with E-state index in [9.17, 15) is 9.18 Å². The van der Waals surface area contributed by atoms with Gasteiger partial charge in [-0.05, 0) is 35.2 Å². The number of thioether (sulfide) groups is 2. The third kappa shape index (κ3) is 6.04. The van der Waals surface area contributed by atoms with E-state index < -0.39 is 5.82 Å². The average Bonchev–Trinajstić information content (AvgIpc) is 3.18. The second-order valence-electron chi connectivity index (χ2n) is 6.58. The van der Waals surface area contributed by atoms with Gasteiger partial charge in [0.15, 0.2) is 14.5 Å². The summed E-state index contributed by atoms with van der Waals surface area (Å²) in [5.41, 5.74) is 2.80. The van der Waals surface area contributed by atoms with E-state index in [0.717, 1.165) is 10.1 Å². The number of hydrogen-bond donors (Lipinski definition) is 0. The lowest BCUT2D eigenvalue weighted by Gasteiger charge is -2.06. The summed E-state index contributed by atoms with van der Waals surface area (Å²) in [6.45, 7) is 4.36. The maximum atomic E-state index is 13.5. The minimum Gasteiger partial charge on any atom is -0.496 e. The fourth-order valence-corrected chi connectivity index (χ4v) is 5.42. The van der Waals surface area contributed by atoms with E-state index >= 15 is 0 Å². The zero-order valence-corrected chi connectivity index (χ0v) is 18.8. The predicted octanol–water partition coefficient (Wildman–Crippen LogP) is 6.08. The Bertz CT molecular complexity index is 974. The summed E-state index contributed by atoms with van der Waals surface area (Å²) in [5, 5.41) is 8.33. The molecule has 0 aliphatic heterocycles. The van der Waals surface area contributed by atoms with Crippen molar-refractivity contribution < 1.29 is 13.9 Å². The highest BCUT2D eigenvalue weighted by atomic mass is 32.2. The number of rotatable bonds is 9. The molecule has 0 saturated heterocycles. The molecule has 3 rings (SSSR count). The number of aromatic nitrogens is 2. The molecule has 0 aliphatic carbocycles.